The van der Waals surface area contributed by atoms with Gasteiger partial charge in [-0.15, -0.1) is 0 Å². The lowest BCUT2D eigenvalue weighted by atomic mass is 9.97. The fourth-order valence-corrected chi connectivity index (χ4v) is 4.01. The number of benzene rings is 3. The minimum Gasteiger partial charge on any atom is -0.252 e. The normalized spacial score (nSPS) is 10.9. The molecule has 0 aliphatic heterocycles. The summed E-state index contributed by atoms with van der Waals surface area (Å²) in [6, 6.07) is 21.5. The molecule has 0 saturated heterocycles. The second-order valence-corrected chi connectivity index (χ2v) is 8.02. The maximum atomic E-state index is 5.13. The maximum absolute atomic E-state index is 5.13. The molecule has 0 aliphatic carbocycles. The quantitative estimate of drug-likeness (QED) is 0.383. The van der Waals surface area contributed by atoms with Crippen molar-refractivity contribution < 1.29 is 0 Å². The molecular formula is C27H26N2. The number of aromatic nitrogens is 2. The number of hydrogen-bond donors (Lipinski definition) is 0. The Labute approximate surface area is 173 Å². The molecule has 1 aromatic heterocycles. The van der Waals surface area contributed by atoms with Crippen molar-refractivity contribution in [2.45, 2.75) is 34.6 Å². The highest BCUT2D eigenvalue weighted by molar-refractivity contribution is 5.81. The van der Waals surface area contributed by atoms with Crippen molar-refractivity contribution in [2.24, 2.45) is 0 Å². The molecule has 2 heteroatoms. The Morgan fingerprint density at radius 2 is 1.10 bits per heavy atom. The van der Waals surface area contributed by atoms with Crippen molar-refractivity contribution in [3.63, 3.8) is 0 Å². The van der Waals surface area contributed by atoms with Crippen molar-refractivity contribution in [3.05, 3.63) is 94.7 Å². The Kier molecular flexibility index (Phi) is 5.02. The van der Waals surface area contributed by atoms with Crippen LogP contribution in [0.3, 0.4) is 0 Å². The molecule has 0 bridgehead atoms. The molecule has 4 aromatic rings. The van der Waals surface area contributed by atoms with E-state index in [-0.39, 0.29) is 0 Å². The van der Waals surface area contributed by atoms with E-state index in [1.54, 1.807) is 0 Å². The van der Waals surface area contributed by atoms with Crippen molar-refractivity contribution >= 4 is 0 Å². The Balaban J connectivity index is 1.99. The molecule has 0 amide bonds. The van der Waals surface area contributed by atoms with Gasteiger partial charge in [-0.05, 0) is 64.4 Å². The highest BCUT2D eigenvalue weighted by atomic mass is 14.8. The summed E-state index contributed by atoms with van der Waals surface area (Å²) in [6.45, 7) is 10.6. The van der Waals surface area contributed by atoms with Crippen LogP contribution in [0, 0.1) is 34.6 Å². The summed E-state index contributed by atoms with van der Waals surface area (Å²) in [5.41, 5.74) is 12.2. The van der Waals surface area contributed by atoms with Gasteiger partial charge in [-0.1, -0.05) is 58.7 Å². The molecule has 0 radical (unpaired) electrons. The van der Waals surface area contributed by atoms with Crippen LogP contribution in [0.25, 0.3) is 33.8 Å². The second kappa shape index (κ2) is 7.63. The average molecular weight is 379 g/mol. The van der Waals surface area contributed by atoms with E-state index in [0.29, 0.717) is 0 Å². The molecule has 0 spiro atoms. The van der Waals surface area contributed by atoms with Gasteiger partial charge in [0, 0.05) is 16.7 Å². The first-order valence-corrected chi connectivity index (χ1v) is 10.0. The van der Waals surface area contributed by atoms with Gasteiger partial charge in [0.15, 0.2) is 0 Å². The van der Waals surface area contributed by atoms with E-state index in [4.69, 9.17) is 9.97 Å². The number of nitrogens with zero attached hydrogens (tertiary/aromatic N) is 2. The fourth-order valence-electron chi connectivity index (χ4n) is 4.01. The van der Waals surface area contributed by atoms with Crippen LogP contribution in [0.5, 0.6) is 0 Å². The van der Waals surface area contributed by atoms with Gasteiger partial charge >= 0.3 is 0 Å². The van der Waals surface area contributed by atoms with E-state index in [0.717, 1.165) is 33.8 Å². The van der Waals surface area contributed by atoms with Gasteiger partial charge in [-0.2, -0.15) is 0 Å². The van der Waals surface area contributed by atoms with E-state index in [2.05, 4.69) is 95.3 Å². The summed E-state index contributed by atoms with van der Waals surface area (Å²) in [5.74, 6) is 0. The maximum Gasteiger partial charge on any atom is 0.0972 e. The number of aryl methyl sites for hydroxylation is 5. The molecule has 0 fully saturated rings. The average Bonchev–Trinajstić information content (AvgIpc) is 2.66. The third kappa shape index (κ3) is 3.97. The zero-order valence-corrected chi connectivity index (χ0v) is 17.7. The van der Waals surface area contributed by atoms with E-state index in [1.165, 1.54) is 27.8 Å². The van der Waals surface area contributed by atoms with Crippen LogP contribution < -0.4 is 0 Å². The highest BCUT2D eigenvalue weighted by Crippen LogP contribution is 2.33. The summed E-state index contributed by atoms with van der Waals surface area (Å²) < 4.78 is 0. The zero-order chi connectivity index (χ0) is 20.5. The molecule has 144 valence electrons. The Hall–Kier alpha value is -3.26. The van der Waals surface area contributed by atoms with Crippen molar-refractivity contribution in [1.82, 2.24) is 9.97 Å². The summed E-state index contributed by atoms with van der Waals surface area (Å²) in [4.78, 5) is 10.1. The van der Waals surface area contributed by atoms with Gasteiger partial charge in [0.25, 0.3) is 0 Å². The molecule has 0 saturated carbocycles. The van der Waals surface area contributed by atoms with Gasteiger partial charge in [-0.3, -0.25) is 4.98 Å². The third-order valence-corrected chi connectivity index (χ3v) is 5.18. The predicted molar refractivity (Wildman–Crippen MR) is 122 cm³/mol. The molecular weight excluding hydrogens is 352 g/mol. The van der Waals surface area contributed by atoms with E-state index < -0.39 is 0 Å². The van der Waals surface area contributed by atoms with Crippen molar-refractivity contribution in [1.29, 1.82) is 0 Å². The third-order valence-electron chi connectivity index (χ3n) is 5.18. The lowest BCUT2D eigenvalue weighted by Gasteiger charge is -2.14. The lowest BCUT2D eigenvalue weighted by molar-refractivity contribution is 1.20. The van der Waals surface area contributed by atoms with E-state index in [9.17, 15) is 0 Å². The molecule has 1 heterocycles. The summed E-state index contributed by atoms with van der Waals surface area (Å²) in [6.07, 6.45) is 1.90. The number of rotatable bonds is 3. The van der Waals surface area contributed by atoms with Crippen molar-refractivity contribution in [2.75, 3.05) is 0 Å². The molecule has 4 rings (SSSR count). The molecule has 0 N–H and O–H groups in total. The minimum absolute atomic E-state index is 0.908. The first kappa shape index (κ1) is 19.1. The second-order valence-electron chi connectivity index (χ2n) is 8.02. The van der Waals surface area contributed by atoms with Gasteiger partial charge in [0.05, 0.1) is 23.3 Å². The fraction of sp³-hybridized carbons (Fsp3) is 0.185. The molecule has 0 unspecified atom stereocenters. The molecule has 3 aromatic carbocycles. The van der Waals surface area contributed by atoms with Gasteiger partial charge < -0.3 is 0 Å². The molecule has 0 atom stereocenters. The molecule has 0 aliphatic rings. The summed E-state index contributed by atoms with van der Waals surface area (Å²) >= 11 is 0. The summed E-state index contributed by atoms with van der Waals surface area (Å²) in [7, 11) is 0. The zero-order valence-electron chi connectivity index (χ0n) is 17.7. The minimum atomic E-state index is 0.908. The summed E-state index contributed by atoms with van der Waals surface area (Å²) in [5, 5.41) is 0. The van der Waals surface area contributed by atoms with Gasteiger partial charge in [-0.25, -0.2) is 4.98 Å². The Bertz CT molecular complexity index is 1160. The number of hydrogen-bond acceptors (Lipinski definition) is 2. The molecule has 29 heavy (non-hydrogen) atoms. The lowest BCUT2D eigenvalue weighted by Crippen LogP contribution is -1.98. The van der Waals surface area contributed by atoms with Crippen LogP contribution in [-0.4, -0.2) is 9.97 Å². The first-order chi connectivity index (χ1) is 13.9. The molecule has 2 nitrogen and oxygen atoms in total. The van der Waals surface area contributed by atoms with Gasteiger partial charge in [0.2, 0.25) is 0 Å². The predicted octanol–water partition coefficient (Wildman–Crippen LogP) is 7.02. The van der Waals surface area contributed by atoms with Crippen molar-refractivity contribution in [3.8, 4) is 33.8 Å². The van der Waals surface area contributed by atoms with Crippen LogP contribution in [-0.2, 0) is 0 Å². The van der Waals surface area contributed by atoms with Crippen LogP contribution in [0.4, 0.5) is 0 Å². The monoisotopic (exact) mass is 378 g/mol. The van der Waals surface area contributed by atoms with Crippen LogP contribution in [0.2, 0.25) is 0 Å². The SMILES string of the molecule is Cc1cc(C)cc(-c2ncc(-c3ccccc3C)nc2-c2cc(C)cc(C)c2)c1. The van der Waals surface area contributed by atoms with E-state index in [1.807, 2.05) is 6.20 Å². The highest BCUT2D eigenvalue weighted by Gasteiger charge is 2.15. The van der Waals surface area contributed by atoms with Gasteiger partial charge in [0.1, 0.15) is 0 Å². The largest absolute Gasteiger partial charge is 0.252 e. The Morgan fingerprint density at radius 1 is 0.586 bits per heavy atom. The topological polar surface area (TPSA) is 25.8 Å². The first-order valence-electron chi connectivity index (χ1n) is 10.0. The van der Waals surface area contributed by atoms with Crippen LogP contribution in [0.1, 0.15) is 27.8 Å². The van der Waals surface area contributed by atoms with Crippen LogP contribution in [0.15, 0.2) is 66.9 Å². The standard InChI is InChI=1S/C27H26N2/c1-17-10-18(2)13-22(12-17)26-27(23-14-19(3)11-20(4)15-23)29-25(16-28-26)24-9-7-6-8-21(24)5/h6-16H,1-5H3. The van der Waals surface area contributed by atoms with Crippen LogP contribution >= 0.6 is 0 Å². The Morgan fingerprint density at radius 3 is 1.66 bits per heavy atom. The van der Waals surface area contributed by atoms with E-state index >= 15 is 0 Å². The smallest absolute Gasteiger partial charge is 0.0972 e.